The van der Waals surface area contributed by atoms with Gasteiger partial charge in [-0.3, -0.25) is 4.79 Å². The Morgan fingerprint density at radius 1 is 1.18 bits per heavy atom. The lowest BCUT2D eigenvalue weighted by Gasteiger charge is -2.33. The highest BCUT2D eigenvalue weighted by Gasteiger charge is 2.26. The average molecular weight is 474 g/mol. The fourth-order valence-electron chi connectivity index (χ4n) is 3.87. The molecule has 1 amide bonds. The van der Waals surface area contributed by atoms with E-state index in [4.69, 9.17) is 9.26 Å². The zero-order valence-electron chi connectivity index (χ0n) is 18.8. The van der Waals surface area contributed by atoms with Gasteiger partial charge in [0.15, 0.2) is 5.76 Å². The Kier molecular flexibility index (Phi) is 8.47. The molecular formula is C25H29ClFN3O3. The highest BCUT2D eigenvalue weighted by atomic mass is 35.5. The minimum Gasteiger partial charge on any atom is -0.487 e. The fraction of sp³-hybridized carbons (Fsp3) is 0.360. The van der Waals surface area contributed by atoms with E-state index in [1.54, 1.807) is 18.2 Å². The maximum absolute atomic E-state index is 13.1. The minimum atomic E-state index is -0.301. The van der Waals surface area contributed by atoms with Crippen LogP contribution in [0.5, 0.6) is 5.75 Å². The number of nitrogens with zero attached hydrogens (tertiary/aromatic N) is 2. The van der Waals surface area contributed by atoms with Crippen molar-refractivity contribution in [3.05, 3.63) is 66.1 Å². The van der Waals surface area contributed by atoms with Gasteiger partial charge in [0.25, 0.3) is 0 Å². The summed E-state index contributed by atoms with van der Waals surface area (Å²) in [6, 6.07) is 15.7. The summed E-state index contributed by atoms with van der Waals surface area (Å²) in [6.45, 7) is 6.51. The molecule has 3 aromatic rings. The standard InChI is InChI=1S/C25H28FN3O3.ClH/c1-17(2)29-12-10-19(11-13-29)25(30)27-21-4-3-5-23(14-21)31-16-22-15-24(32-28-22)18-6-8-20(26)9-7-18;/h3-9,14-15,17,19H,10-13,16H2,1-2H3,(H,27,30);1H. The van der Waals surface area contributed by atoms with Gasteiger partial charge >= 0.3 is 0 Å². The molecule has 2 heterocycles. The Bertz CT molecular complexity index is 1050. The van der Waals surface area contributed by atoms with Gasteiger partial charge < -0.3 is 19.5 Å². The minimum absolute atomic E-state index is 0. The monoisotopic (exact) mass is 473 g/mol. The van der Waals surface area contributed by atoms with E-state index in [-0.39, 0.29) is 36.7 Å². The molecule has 1 N–H and O–H groups in total. The van der Waals surface area contributed by atoms with Crippen LogP contribution in [0.1, 0.15) is 32.4 Å². The lowest BCUT2D eigenvalue weighted by molar-refractivity contribution is -0.121. The number of halogens is 2. The van der Waals surface area contributed by atoms with Crippen LogP contribution in [0.2, 0.25) is 0 Å². The van der Waals surface area contributed by atoms with Gasteiger partial charge in [0.05, 0.1) is 0 Å². The molecule has 0 aliphatic carbocycles. The Hall–Kier alpha value is -2.90. The Morgan fingerprint density at radius 3 is 2.61 bits per heavy atom. The molecule has 8 heteroatoms. The van der Waals surface area contributed by atoms with E-state index in [1.165, 1.54) is 12.1 Å². The highest BCUT2D eigenvalue weighted by Crippen LogP contribution is 2.24. The quantitative estimate of drug-likeness (QED) is 0.488. The largest absolute Gasteiger partial charge is 0.487 e. The molecule has 1 aromatic heterocycles. The number of likely N-dealkylation sites (tertiary alicyclic amines) is 1. The molecule has 4 rings (SSSR count). The second-order valence-electron chi connectivity index (χ2n) is 8.40. The third-order valence-electron chi connectivity index (χ3n) is 5.81. The van der Waals surface area contributed by atoms with Crippen LogP contribution in [-0.2, 0) is 11.4 Å². The first-order chi connectivity index (χ1) is 15.5. The number of hydrogen-bond acceptors (Lipinski definition) is 5. The van der Waals surface area contributed by atoms with E-state index in [2.05, 4.69) is 29.2 Å². The average Bonchev–Trinajstić information content (AvgIpc) is 3.27. The predicted octanol–water partition coefficient (Wildman–Crippen LogP) is 5.54. The third kappa shape index (κ3) is 6.55. The van der Waals surface area contributed by atoms with E-state index in [0.717, 1.165) is 31.5 Å². The van der Waals surface area contributed by atoms with Crippen molar-refractivity contribution in [1.29, 1.82) is 0 Å². The van der Waals surface area contributed by atoms with Crippen molar-refractivity contribution in [1.82, 2.24) is 10.1 Å². The van der Waals surface area contributed by atoms with Gasteiger partial charge in [-0.1, -0.05) is 11.2 Å². The molecule has 0 atom stereocenters. The van der Waals surface area contributed by atoms with E-state index < -0.39 is 0 Å². The van der Waals surface area contributed by atoms with Gasteiger partial charge in [0.1, 0.15) is 23.9 Å². The Balaban J connectivity index is 0.00000306. The fourth-order valence-corrected chi connectivity index (χ4v) is 3.87. The van der Waals surface area contributed by atoms with Gasteiger partial charge in [0.2, 0.25) is 5.91 Å². The van der Waals surface area contributed by atoms with Gasteiger partial charge in [-0.2, -0.15) is 0 Å². The number of hydrogen-bond donors (Lipinski definition) is 1. The lowest BCUT2D eigenvalue weighted by Crippen LogP contribution is -2.41. The predicted molar refractivity (Wildman–Crippen MR) is 128 cm³/mol. The summed E-state index contributed by atoms with van der Waals surface area (Å²) in [7, 11) is 0. The van der Waals surface area contributed by atoms with Crippen molar-refractivity contribution in [2.24, 2.45) is 5.92 Å². The van der Waals surface area contributed by atoms with Crippen molar-refractivity contribution in [3.63, 3.8) is 0 Å². The second-order valence-corrected chi connectivity index (χ2v) is 8.40. The van der Waals surface area contributed by atoms with Gasteiger partial charge in [-0.05, 0) is 76.2 Å². The van der Waals surface area contributed by atoms with E-state index in [0.29, 0.717) is 28.9 Å². The highest BCUT2D eigenvalue weighted by molar-refractivity contribution is 5.92. The van der Waals surface area contributed by atoms with Crippen molar-refractivity contribution in [2.75, 3.05) is 18.4 Å². The number of carbonyl (C=O) groups is 1. The van der Waals surface area contributed by atoms with Crippen molar-refractivity contribution < 1.29 is 18.4 Å². The molecule has 0 spiro atoms. The molecule has 6 nitrogen and oxygen atoms in total. The summed E-state index contributed by atoms with van der Waals surface area (Å²) in [5, 5.41) is 7.04. The summed E-state index contributed by atoms with van der Waals surface area (Å²) in [4.78, 5) is 15.1. The SMILES string of the molecule is CC(C)N1CCC(C(=O)Nc2cccc(OCc3cc(-c4ccc(F)cc4)on3)c2)CC1.Cl. The zero-order chi connectivity index (χ0) is 22.5. The number of rotatable bonds is 7. The van der Waals surface area contributed by atoms with Gasteiger partial charge in [-0.25, -0.2) is 4.39 Å². The summed E-state index contributed by atoms with van der Waals surface area (Å²) in [6.07, 6.45) is 1.76. The van der Waals surface area contributed by atoms with Gasteiger partial charge in [-0.15, -0.1) is 12.4 Å². The van der Waals surface area contributed by atoms with Crippen LogP contribution in [-0.4, -0.2) is 35.1 Å². The first-order valence-corrected chi connectivity index (χ1v) is 11.0. The summed E-state index contributed by atoms with van der Waals surface area (Å²) in [5.41, 5.74) is 2.08. The van der Waals surface area contributed by atoms with Crippen molar-refractivity contribution >= 4 is 24.0 Å². The molecule has 0 bridgehead atoms. The Morgan fingerprint density at radius 2 is 1.91 bits per heavy atom. The normalized spacial score (nSPS) is 14.7. The van der Waals surface area contributed by atoms with E-state index in [9.17, 15) is 9.18 Å². The molecule has 1 aliphatic heterocycles. The van der Waals surface area contributed by atoms with Crippen LogP contribution >= 0.6 is 12.4 Å². The molecule has 0 saturated carbocycles. The van der Waals surface area contributed by atoms with Crippen LogP contribution < -0.4 is 10.1 Å². The number of aromatic nitrogens is 1. The van der Waals surface area contributed by atoms with Crippen LogP contribution in [0.15, 0.2) is 59.1 Å². The molecule has 1 saturated heterocycles. The van der Waals surface area contributed by atoms with Crippen molar-refractivity contribution in [3.8, 4) is 17.1 Å². The molecule has 0 unspecified atom stereocenters. The summed E-state index contributed by atoms with van der Waals surface area (Å²) < 4.78 is 24.2. The van der Waals surface area contributed by atoms with Crippen LogP contribution in [0.3, 0.4) is 0 Å². The number of carbonyl (C=O) groups excluding carboxylic acids is 1. The number of benzene rings is 2. The third-order valence-corrected chi connectivity index (χ3v) is 5.81. The number of piperidine rings is 1. The molecule has 0 radical (unpaired) electrons. The maximum atomic E-state index is 13.1. The first-order valence-electron chi connectivity index (χ1n) is 11.0. The van der Waals surface area contributed by atoms with Crippen LogP contribution in [0, 0.1) is 11.7 Å². The molecule has 176 valence electrons. The number of ether oxygens (including phenoxy) is 1. The molecule has 33 heavy (non-hydrogen) atoms. The molecule has 1 aliphatic rings. The second kappa shape index (κ2) is 11.3. The zero-order valence-corrected chi connectivity index (χ0v) is 19.6. The topological polar surface area (TPSA) is 67.6 Å². The molecule has 2 aromatic carbocycles. The number of amides is 1. The lowest BCUT2D eigenvalue weighted by atomic mass is 9.95. The van der Waals surface area contributed by atoms with E-state index in [1.807, 2.05) is 24.3 Å². The van der Waals surface area contributed by atoms with E-state index >= 15 is 0 Å². The van der Waals surface area contributed by atoms with Gasteiger partial charge in [0, 0.05) is 35.3 Å². The molecular weight excluding hydrogens is 445 g/mol. The number of nitrogens with one attached hydrogen (secondary N) is 1. The summed E-state index contributed by atoms with van der Waals surface area (Å²) >= 11 is 0. The first kappa shape index (κ1) is 24.7. The summed E-state index contributed by atoms with van der Waals surface area (Å²) in [5.74, 6) is 0.974. The maximum Gasteiger partial charge on any atom is 0.227 e. The van der Waals surface area contributed by atoms with Crippen molar-refractivity contribution in [2.45, 2.75) is 39.3 Å². The molecule has 1 fully saturated rings. The van der Waals surface area contributed by atoms with Crippen LogP contribution in [0.4, 0.5) is 10.1 Å². The Labute approximate surface area is 199 Å². The number of anilines is 1. The van der Waals surface area contributed by atoms with Crippen LogP contribution in [0.25, 0.3) is 11.3 Å². The smallest absolute Gasteiger partial charge is 0.227 e.